The molecule has 19 heavy (non-hydrogen) atoms. The lowest BCUT2D eigenvalue weighted by Crippen LogP contribution is -2.49. The van der Waals surface area contributed by atoms with Gasteiger partial charge >= 0.3 is 0 Å². The molecule has 3 nitrogen and oxygen atoms in total. The van der Waals surface area contributed by atoms with Crippen LogP contribution in [0.5, 0.6) is 0 Å². The predicted octanol–water partition coefficient (Wildman–Crippen LogP) is 2.50. The van der Waals surface area contributed by atoms with Crippen LogP contribution in [0.4, 0.5) is 5.69 Å². The van der Waals surface area contributed by atoms with Crippen LogP contribution in [-0.2, 0) is 11.2 Å². The summed E-state index contributed by atoms with van der Waals surface area (Å²) in [5.41, 5.74) is 2.46. The first kappa shape index (κ1) is 12.7. The molecule has 1 aromatic rings. The Bertz CT molecular complexity index is 452. The summed E-state index contributed by atoms with van der Waals surface area (Å²) in [6.07, 6.45) is 6.72. The molecule has 0 spiro atoms. The van der Waals surface area contributed by atoms with Gasteiger partial charge in [0.05, 0.1) is 6.04 Å². The molecule has 1 aromatic carbocycles. The number of para-hydroxylation sites is 1. The summed E-state index contributed by atoms with van der Waals surface area (Å²) in [5.74, 6) is 0.272. The van der Waals surface area contributed by atoms with Crippen molar-refractivity contribution >= 4 is 11.6 Å². The number of rotatable bonds is 1. The molecule has 3 heteroatoms. The van der Waals surface area contributed by atoms with Crippen LogP contribution in [0, 0.1) is 0 Å². The van der Waals surface area contributed by atoms with Crippen molar-refractivity contribution in [1.29, 1.82) is 0 Å². The third kappa shape index (κ3) is 2.66. The largest absolute Gasteiger partial charge is 0.311 e. The molecule has 2 aliphatic heterocycles. The van der Waals surface area contributed by atoms with E-state index in [0.29, 0.717) is 0 Å². The summed E-state index contributed by atoms with van der Waals surface area (Å²) >= 11 is 0. The van der Waals surface area contributed by atoms with Crippen LogP contribution < -0.4 is 10.2 Å². The molecule has 0 saturated carbocycles. The maximum absolute atomic E-state index is 12.7. The van der Waals surface area contributed by atoms with Crippen molar-refractivity contribution in [3.8, 4) is 0 Å². The lowest BCUT2D eigenvalue weighted by molar-refractivity contribution is -0.121. The standard InChI is InChI=1S/C16H22N2O/c19-16(14-9-3-5-11-17-14)18-12-6-4-8-13-7-1-2-10-15(13)18/h1-2,7,10,14,17H,3-6,8-9,11-12H2/t14-/m0/s1. The molecular formula is C16H22N2O. The highest BCUT2D eigenvalue weighted by molar-refractivity contribution is 5.98. The summed E-state index contributed by atoms with van der Waals surface area (Å²) in [6.45, 7) is 1.85. The SMILES string of the molecule is O=C([C@@H]1CCCCN1)N1CCCCc2ccccc21. The van der Waals surface area contributed by atoms with E-state index in [0.717, 1.165) is 38.0 Å². The molecule has 1 saturated heterocycles. The van der Waals surface area contributed by atoms with Crippen LogP contribution in [0.1, 0.15) is 37.7 Å². The summed E-state index contributed by atoms with van der Waals surface area (Å²) < 4.78 is 0. The minimum atomic E-state index is 0.0277. The van der Waals surface area contributed by atoms with Crippen molar-refractivity contribution in [3.05, 3.63) is 29.8 Å². The smallest absolute Gasteiger partial charge is 0.244 e. The minimum Gasteiger partial charge on any atom is -0.311 e. The summed E-state index contributed by atoms with van der Waals surface area (Å²) in [5, 5.41) is 3.38. The van der Waals surface area contributed by atoms with E-state index in [1.165, 1.54) is 24.8 Å². The van der Waals surface area contributed by atoms with E-state index in [1.54, 1.807) is 0 Å². The molecule has 3 rings (SSSR count). The van der Waals surface area contributed by atoms with Gasteiger partial charge in [0.2, 0.25) is 5.91 Å². The van der Waals surface area contributed by atoms with Crippen molar-refractivity contribution in [2.24, 2.45) is 0 Å². The van der Waals surface area contributed by atoms with Gasteiger partial charge in [-0.2, -0.15) is 0 Å². The lowest BCUT2D eigenvalue weighted by atomic mass is 10.0. The van der Waals surface area contributed by atoms with E-state index in [-0.39, 0.29) is 11.9 Å². The van der Waals surface area contributed by atoms with Crippen LogP contribution in [0.15, 0.2) is 24.3 Å². The molecule has 1 atom stereocenters. The first-order chi connectivity index (χ1) is 9.36. The number of carbonyl (C=O) groups excluding carboxylic acids is 1. The third-order valence-electron chi connectivity index (χ3n) is 4.23. The second kappa shape index (κ2) is 5.74. The number of piperidine rings is 1. The quantitative estimate of drug-likeness (QED) is 0.839. The zero-order valence-electron chi connectivity index (χ0n) is 11.4. The topological polar surface area (TPSA) is 32.3 Å². The minimum absolute atomic E-state index is 0.0277. The zero-order chi connectivity index (χ0) is 13.1. The van der Waals surface area contributed by atoms with Gasteiger partial charge in [0.25, 0.3) is 0 Å². The number of anilines is 1. The average Bonchev–Trinajstić information content (AvgIpc) is 2.70. The number of carbonyl (C=O) groups is 1. The highest BCUT2D eigenvalue weighted by atomic mass is 16.2. The Labute approximate surface area is 115 Å². The number of benzene rings is 1. The highest BCUT2D eigenvalue weighted by Gasteiger charge is 2.28. The maximum Gasteiger partial charge on any atom is 0.244 e. The Morgan fingerprint density at radius 2 is 2.05 bits per heavy atom. The van der Waals surface area contributed by atoms with Crippen molar-refractivity contribution in [1.82, 2.24) is 5.32 Å². The summed E-state index contributed by atoms with van der Waals surface area (Å²) in [6, 6.07) is 8.40. The molecule has 2 heterocycles. The van der Waals surface area contributed by atoms with E-state index >= 15 is 0 Å². The predicted molar refractivity (Wildman–Crippen MR) is 77.4 cm³/mol. The van der Waals surface area contributed by atoms with E-state index in [4.69, 9.17) is 0 Å². The molecule has 0 bridgehead atoms. The van der Waals surface area contributed by atoms with Crippen LogP contribution >= 0.6 is 0 Å². The van der Waals surface area contributed by atoms with Gasteiger partial charge in [-0.3, -0.25) is 4.79 Å². The van der Waals surface area contributed by atoms with Crippen molar-refractivity contribution in [2.75, 3.05) is 18.0 Å². The number of fused-ring (bicyclic) bond motifs is 1. The molecule has 102 valence electrons. The Hall–Kier alpha value is -1.35. The van der Waals surface area contributed by atoms with E-state index < -0.39 is 0 Å². The van der Waals surface area contributed by atoms with Gasteiger partial charge in [-0.05, 0) is 50.3 Å². The number of nitrogens with zero attached hydrogens (tertiary/aromatic N) is 1. The Balaban J connectivity index is 1.84. The van der Waals surface area contributed by atoms with Gasteiger partial charge in [0.1, 0.15) is 0 Å². The number of hydrogen-bond acceptors (Lipinski definition) is 2. The third-order valence-corrected chi connectivity index (χ3v) is 4.23. The van der Waals surface area contributed by atoms with Gasteiger partial charge in [0.15, 0.2) is 0 Å². The molecule has 0 aliphatic carbocycles. The summed E-state index contributed by atoms with van der Waals surface area (Å²) in [4.78, 5) is 14.8. The fourth-order valence-electron chi connectivity index (χ4n) is 3.17. The molecule has 1 amide bonds. The van der Waals surface area contributed by atoms with Crippen molar-refractivity contribution < 1.29 is 4.79 Å². The van der Waals surface area contributed by atoms with Crippen molar-refractivity contribution in [2.45, 2.75) is 44.6 Å². The van der Waals surface area contributed by atoms with Crippen LogP contribution in [-0.4, -0.2) is 25.0 Å². The molecule has 2 aliphatic rings. The van der Waals surface area contributed by atoms with Gasteiger partial charge in [0, 0.05) is 12.2 Å². The van der Waals surface area contributed by atoms with Gasteiger partial charge < -0.3 is 10.2 Å². The number of hydrogen-bond donors (Lipinski definition) is 1. The first-order valence-electron chi connectivity index (χ1n) is 7.49. The Kier molecular flexibility index (Phi) is 3.83. The van der Waals surface area contributed by atoms with Gasteiger partial charge in [-0.25, -0.2) is 0 Å². The number of amides is 1. The highest BCUT2D eigenvalue weighted by Crippen LogP contribution is 2.27. The second-order valence-electron chi connectivity index (χ2n) is 5.58. The van der Waals surface area contributed by atoms with Crippen LogP contribution in [0.25, 0.3) is 0 Å². The van der Waals surface area contributed by atoms with E-state index in [2.05, 4.69) is 23.5 Å². The molecule has 1 fully saturated rings. The summed E-state index contributed by atoms with van der Waals surface area (Å²) in [7, 11) is 0. The van der Waals surface area contributed by atoms with E-state index in [9.17, 15) is 4.79 Å². The van der Waals surface area contributed by atoms with E-state index in [1.807, 2.05) is 11.0 Å². The molecule has 1 N–H and O–H groups in total. The Morgan fingerprint density at radius 1 is 1.16 bits per heavy atom. The normalized spacial score (nSPS) is 23.6. The van der Waals surface area contributed by atoms with Gasteiger partial charge in [-0.1, -0.05) is 24.6 Å². The Morgan fingerprint density at radius 3 is 2.89 bits per heavy atom. The second-order valence-corrected chi connectivity index (χ2v) is 5.58. The molecular weight excluding hydrogens is 236 g/mol. The van der Waals surface area contributed by atoms with Crippen LogP contribution in [0.2, 0.25) is 0 Å². The lowest BCUT2D eigenvalue weighted by Gasteiger charge is -2.30. The number of aryl methyl sites for hydroxylation is 1. The first-order valence-corrected chi connectivity index (χ1v) is 7.49. The van der Waals surface area contributed by atoms with Crippen LogP contribution in [0.3, 0.4) is 0 Å². The number of nitrogens with one attached hydrogen (secondary N) is 1. The average molecular weight is 258 g/mol. The zero-order valence-corrected chi connectivity index (χ0v) is 11.4. The molecule has 0 radical (unpaired) electrons. The van der Waals surface area contributed by atoms with Crippen molar-refractivity contribution in [3.63, 3.8) is 0 Å². The fourth-order valence-corrected chi connectivity index (χ4v) is 3.17. The van der Waals surface area contributed by atoms with Gasteiger partial charge in [-0.15, -0.1) is 0 Å². The molecule has 0 aromatic heterocycles. The fraction of sp³-hybridized carbons (Fsp3) is 0.562. The monoisotopic (exact) mass is 258 g/mol. The maximum atomic E-state index is 12.7. The molecule has 0 unspecified atom stereocenters.